The average Bonchev–Trinajstić information content (AvgIpc) is 3.36. The quantitative estimate of drug-likeness (QED) is 0.527. The summed E-state index contributed by atoms with van der Waals surface area (Å²) in [6.45, 7) is 1.62. The number of aryl methyl sites for hydroxylation is 1. The predicted octanol–water partition coefficient (Wildman–Crippen LogP) is 2.80. The number of imide groups is 1. The Hall–Kier alpha value is -4.01. The minimum Gasteiger partial charge on any atom is -0.422 e. The highest BCUT2D eigenvalue weighted by molar-refractivity contribution is 6.22. The highest BCUT2D eigenvalue weighted by atomic mass is 19.1. The number of hydrogen-bond donors (Lipinski definition) is 1. The van der Waals surface area contributed by atoms with Crippen molar-refractivity contribution in [1.82, 2.24) is 14.8 Å². The molecule has 0 bridgehead atoms. The number of rotatable bonds is 3. The number of anilines is 1. The molecule has 2 aromatic heterocycles. The number of amides is 2. The van der Waals surface area contributed by atoms with Gasteiger partial charge in [-0.15, -0.1) is 0 Å². The molecule has 0 spiro atoms. The molecule has 5 rings (SSSR count). The van der Waals surface area contributed by atoms with Crippen LogP contribution in [0.25, 0.3) is 17.1 Å². The van der Waals surface area contributed by atoms with Crippen molar-refractivity contribution >= 4 is 28.6 Å². The lowest BCUT2D eigenvalue weighted by molar-refractivity contribution is -0.121. The molecule has 30 heavy (non-hydrogen) atoms. The van der Waals surface area contributed by atoms with Gasteiger partial charge in [-0.25, -0.2) is 9.29 Å². The van der Waals surface area contributed by atoms with Crippen LogP contribution >= 0.6 is 0 Å². The van der Waals surface area contributed by atoms with E-state index in [-0.39, 0.29) is 23.7 Å². The first-order valence-corrected chi connectivity index (χ1v) is 9.24. The zero-order valence-electron chi connectivity index (χ0n) is 15.8. The molecule has 1 aliphatic rings. The Kier molecular flexibility index (Phi) is 3.92. The molecule has 0 aliphatic carbocycles. The largest absolute Gasteiger partial charge is 0.422 e. The number of oxazole rings is 1. The van der Waals surface area contributed by atoms with Gasteiger partial charge < -0.3 is 4.42 Å². The van der Waals surface area contributed by atoms with Gasteiger partial charge in [0.15, 0.2) is 5.58 Å². The highest BCUT2D eigenvalue weighted by Gasteiger charge is 2.44. The van der Waals surface area contributed by atoms with Gasteiger partial charge in [-0.3, -0.25) is 19.5 Å². The second-order valence-corrected chi connectivity index (χ2v) is 7.03. The van der Waals surface area contributed by atoms with Crippen LogP contribution in [0.3, 0.4) is 0 Å². The second kappa shape index (κ2) is 6.51. The Morgan fingerprint density at radius 1 is 1.10 bits per heavy atom. The molecule has 8 nitrogen and oxygen atoms in total. The van der Waals surface area contributed by atoms with Gasteiger partial charge in [-0.05, 0) is 31.2 Å². The fourth-order valence-electron chi connectivity index (χ4n) is 3.80. The third kappa shape index (κ3) is 2.59. The van der Waals surface area contributed by atoms with Gasteiger partial charge in [0.2, 0.25) is 11.8 Å². The van der Waals surface area contributed by atoms with Gasteiger partial charge in [-0.2, -0.15) is 9.67 Å². The van der Waals surface area contributed by atoms with Crippen LogP contribution in [-0.4, -0.2) is 26.6 Å². The fraction of sp³-hybridized carbons (Fsp3) is 0.143. The number of carbonyl (C=O) groups is 2. The zero-order chi connectivity index (χ0) is 21.0. The number of fused-ring (bicyclic) bond motifs is 1. The topological polar surface area (TPSA) is 101 Å². The van der Waals surface area contributed by atoms with Crippen molar-refractivity contribution in [2.75, 3.05) is 4.90 Å². The van der Waals surface area contributed by atoms with Crippen LogP contribution in [0.4, 0.5) is 10.1 Å². The lowest BCUT2D eigenvalue weighted by Gasteiger charge is -2.15. The number of aromatic nitrogens is 3. The van der Waals surface area contributed by atoms with Gasteiger partial charge in [0.25, 0.3) is 5.56 Å². The van der Waals surface area contributed by atoms with Crippen LogP contribution < -0.4 is 10.5 Å². The summed E-state index contributed by atoms with van der Waals surface area (Å²) in [4.78, 5) is 43.7. The number of carbonyl (C=O) groups excluding carboxylic acids is 2. The van der Waals surface area contributed by atoms with Crippen molar-refractivity contribution in [3.63, 3.8) is 0 Å². The number of H-pyrrole nitrogens is 1. The normalized spacial score (nSPS) is 16.7. The maximum atomic E-state index is 14.2. The molecule has 0 unspecified atom stereocenters. The summed E-state index contributed by atoms with van der Waals surface area (Å²) < 4.78 is 20.9. The van der Waals surface area contributed by atoms with E-state index in [4.69, 9.17) is 4.42 Å². The fourth-order valence-corrected chi connectivity index (χ4v) is 3.80. The molecule has 1 atom stereocenters. The first-order valence-electron chi connectivity index (χ1n) is 9.24. The molecule has 0 saturated carbocycles. The number of para-hydroxylation sites is 3. The minimum absolute atomic E-state index is 0.0262. The molecule has 2 aromatic carbocycles. The molecular formula is C21H15FN4O4. The Bertz CT molecular complexity index is 1350. The zero-order valence-corrected chi connectivity index (χ0v) is 15.8. The van der Waals surface area contributed by atoms with Crippen molar-refractivity contribution in [2.45, 2.75) is 19.3 Å². The summed E-state index contributed by atoms with van der Waals surface area (Å²) in [6, 6.07) is 12.6. The minimum atomic E-state index is -1.02. The van der Waals surface area contributed by atoms with Crippen LogP contribution in [0.2, 0.25) is 0 Å². The smallest absolute Gasteiger partial charge is 0.325 e. The molecule has 2 amide bonds. The molecule has 9 heteroatoms. The van der Waals surface area contributed by atoms with Crippen molar-refractivity contribution in [2.24, 2.45) is 0 Å². The molecule has 0 radical (unpaired) electrons. The van der Waals surface area contributed by atoms with Gasteiger partial charge in [-0.1, -0.05) is 24.3 Å². The van der Waals surface area contributed by atoms with E-state index in [1.165, 1.54) is 24.3 Å². The van der Waals surface area contributed by atoms with Crippen LogP contribution in [-0.2, 0) is 9.59 Å². The number of nitrogens with one attached hydrogen (secondary N) is 1. The maximum Gasteiger partial charge on any atom is 0.325 e. The van der Waals surface area contributed by atoms with Crippen LogP contribution in [0.1, 0.15) is 23.6 Å². The number of aromatic amines is 1. The highest BCUT2D eigenvalue weighted by Crippen LogP contribution is 2.34. The molecule has 1 N–H and O–H groups in total. The lowest BCUT2D eigenvalue weighted by Crippen LogP contribution is -2.32. The molecule has 4 aromatic rings. The number of nitrogens with zero attached hydrogens (tertiary/aromatic N) is 3. The predicted molar refractivity (Wildman–Crippen MR) is 105 cm³/mol. The molecule has 1 saturated heterocycles. The van der Waals surface area contributed by atoms with Gasteiger partial charge >= 0.3 is 6.01 Å². The van der Waals surface area contributed by atoms with E-state index in [0.29, 0.717) is 16.8 Å². The van der Waals surface area contributed by atoms with E-state index in [1.807, 2.05) is 0 Å². The van der Waals surface area contributed by atoms with E-state index >= 15 is 0 Å². The van der Waals surface area contributed by atoms with Gasteiger partial charge in [0.1, 0.15) is 11.3 Å². The summed E-state index contributed by atoms with van der Waals surface area (Å²) in [5.74, 6) is -2.92. The summed E-state index contributed by atoms with van der Waals surface area (Å²) in [5.41, 5.74) is 0.957. The standard InChI is InChI=1S/C21H15FN4O4/c1-11-18(12-10-17(27)25(19(12)28)15-8-4-2-6-13(15)22)20(29)26(24-11)21-23-14-7-3-5-9-16(14)30-21/h2-9,12,24H,10H2,1H3/t12-/m0/s1. The number of halogens is 1. The Labute approximate surface area is 168 Å². The second-order valence-electron chi connectivity index (χ2n) is 7.03. The Morgan fingerprint density at radius 2 is 1.83 bits per heavy atom. The average molecular weight is 406 g/mol. The monoisotopic (exact) mass is 406 g/mol. The molecule has 1 fully saturated rings. The lowest BCUT2D eigenvalue weighted by atomic mass is 9.98. The van der Waals surface area contributed by atoms with Crippen molar-refractivity contribution in [3.8, 4) is 6.01 Å². The van der Waals surface area contributed by atoms with Crippen LogP contribution in [0.5, 0.6) is 0 Å². The van der Waals surface area contributed by atoms with E-state index in [0.717, 1.165) is 9.58 Å². The van der Waals surface area contributed by atoms with E-state index < -0.39 is 29.1 Å². The van der Waals surface area contributed by atoms with Gasteiger partial charge in [0, 0.05) is 12.1 Å². The van der Waals surface area contributed by atoms with Crippen molar-refractivity contribution < 1.29 is 18.4 Å². The van der Waals surface area contributed by atoms with Gasteiger partial charge in [0.05, 0.1) is 17.2 Å². The summed E-state index contributed by atoms with van der Waals surface area (Å²) in [7, 11) is 0. The Morgan fingerprint density at radius 3 is 2.60 bits per heavy atom. The van der Waals surface area contributed by atoms with Crippen molar-refractivity contribution in [3.05, 3.63) is 76.0 Å². The summed E-state index contributed by atoms with van der Waals surface area (Å²) >= 11 is 0. The third-order valence-corrected chi connectivity index (χ3v) is 5.18. The molecule has 1 aliphatic heterocycles. The first-order chi connectivity index (χ1) is 14.5. The number of hydrogen-bond acceptors (Lipinski definition) is 5. The summed E-state index contributed by atoms with van der Waals surface area (Å²) in [6.07, 6.45) is -0.228. The number of benzene rings is 2. The van der Waals surface area contributed by atoms with Crippen molar-refractivity contribution in [1.29, 1.82) is 0 Å². The summed E-state index contributed by atoms with van der Waals surface area (Å²) in [5, 5.41) is 2.86. The third-order valence-electron chi connectivity index (χ3n) is 5.18. The first kappa shape index (κ1) is 18.0. The van der Waals surface area contributed by atoms with E-state index in [9.17, 15) is 18.8 Å². The Balaban J connectivity index is 1.57. The SMILES string of the molecule is Cc1[nH]n(-c2nc3ccccc3o2)c(=O)c1[C@@H]1CC(=O)N(c2ccccc2F)C1=O. The maximum absolute atomic E-state index is 14.2. The van der Waals surface area contributed by atoms with Crippen LogP contribution in [0.15, 0.2) is 57.7 Å². The van der Waals surface area contributed by atoms with E-state index in [2.05, 4.69) is 10.1 Å². The van der Waals surface area contributed by atoms with Crippen LogP contribution in [0, 0.1) is 12.7 Å². The van der Waals surface area contributed by atoms with E-state index in [1.54, 1.807) is 31.2 Å². The molecular weight excluding hydrogens is 391 g/mol. The molecule has 3 heterocycles. The molecule has 150 valence electrons.